The van der Waals surface area contributed by atoms with Crippen LogP contribution in [0.2, 0.25) is 0 Å². The van der Waals surface area contributed by atoms with Crippen molar-refractivity contribution in [2.75, 3.05) is 13.2 Å². The van der Waals surface area contributed by atoms with Gasteiger partial charge >= 0.3 is 0 Å². The molecule has 0 atom stereocenters. The SMILES string of the molecule is Cc1ccc(C(N)=O)c(OCCN)c1. The van der Waals surface area contributed by atoms with Crippen molar-refractivity contribution < 1.29 is 9.53 Å². The second kappa shape index (κ2) is 4.62. The van der Waals surface area contributed by atoms with E-state index in [0.717, 1.165) is 5.56 Å². The maximum Gasteiger partial charge on any atom is 0.252 e. The molecule has 0 aliphatic carbocycles. The van der Waals surface area contributed by atoms with Crippen molar-refractivity contribution in [3.63, 3.8) is 0 Å². The molecule has 0 radical (unpaired) electrons. The number of hydrogen-bond donors (Lipinski definition) is 2. The van der Waals surface area contributed by atoms with Gasteiger partial charge in [0.15, 0.2) is 0 Å². The number of carbonyl (C=O) groups is 1. The third-order valence-electron chi connectivity index (χ3n) is 1.78. The second-order valence-electron chi connectivity index (χ2n) is 3.00. The zero-order valence-electron chi connectivity index (χ0n) is 8.12. The monoisotopic (exact) mass is 194 g/mol. The lowest BCUT2D eigenvalue weighted by atomic mass is 10.1. The first-order chi connectivity index (χ1) is 6.65. The summed E-state index contributed by atoms with van der Waals surface area (Å²) in [5.74, 6) is 0.0139. The Morgan fingerprint density at radius 2 is 2.21 bits per heavy atom. The minimum atomic E-state index is -0.489. The highest BCUT2D eigenvalue weighted by Crippen LogP contribution is 2.19. The van der Waals surface area contributed by atoms with Crippen LogP contribution in [0.15, 0.2) is 18.2 Å². The van der Waals surface area contributed by atoms with Gasteiger partial charge in [-0.05, 0) is 24.6 Å². The van der Waals surface area contributed by atoms with Crippen LogP contribution in [-0.2, 0) is 0 Å². The molecule has 1 aromatic rings. The number of aryl methyl sites for hydroxylation is 1. The highest BCUT2D eigenvalue weighted by Gasteiger charge is 2.08. The van der Waals surface area contributed by atoms with Crippen LogP contribution in [-0.4, -0.2) is 19.1 Å². The van der Waals surface area contributed by atoms with Crippen molar-refractivity contribution in [1.29, 1.82) is 0 Å². The normalized spacial score (nSPS) is 9.86. The molecule has 0 aliphatic rings. The van der Waals surface area contributed by atoms with Crippen LogP contribution in [0.4, 0.5) is 0 Å². The van der Waals surface area contributed by atoms with Crippen LogP contribution in [0.5, 0.6) is 5.75 Å². The van der Waals surface area contributed by atoms with Crippen molar-refractivity contribution in [3.8, 4) is 5.75 Å². The molecule has 14 heavy (non-hydrogen) atoms. The largest absolute Gasteiger partial charge is 0.491 e. The Bertz CT molecular complexity index is 337. The Morgan fingerprint density at radius 3 is 2.79 bits per heavy atom. The molecule has 1 rings (SSSR count). The molecule has 4 heteroatoms. The lowest BCUT2D eigenvalue weighted by molar-refractivity contribution is 0.0996. The summed E-state index contributed by atoms with van der Waals surface area (Å²) in [6.45, 7) is 2.70. The smallest absolute Gasteiger partial charge is 0.252 e. The van der Waals surface area contributed by atoms with Crippen LogP contribution in [0.25, 0.3) is 0 Å². The van der Waals surface area contributed by atoms with Gasteiger partial charge < -0.3 is 16.2 Å². The fourth-order valence-electron chi connectivity index (χ4n) is 1.12. The maximum atomic E-state index is 11.0. The summed E-state index contributed by atoms with van der Waals surface area (Å²) in [5.41, 5.74) is 11.9. The lowest BCUT2D eigenvalue weighted by Crippen LogP contribution is -2.16. The van der Waals surface area contributed by atoms with Gasteiger partial charge in [0, 0.05) is 6.54 Å². The number of primary amides is 1. The zero-order chi connectivity index (χ0) is 10.6. The second-order valence-corrected chi connectivity index (χ2v) is 3.00. The fraction of sp³-hybridized carbons (Fsp3) is 0.300. The van der Waals surface area contributed by atoms with Gasteiger partial charge in [-0.2, -0.15) is 0 Å². The lowest BCUT2D eigenvalue weighted by Gasteiger charge is -2.09. The third-order valence-corrected chi connectivity index (χ3v) is 1.78. The molecule has 4 nitrogen and oxygen atoms in total. The maximum absolute atomic E-state index is 11.0. The van der Waals surface area contributed by atoms with Crippen molar-refractivity contribution in [3.05, 3.63) is 29.3 Å². The van der Waals surface area contributed by atoms with E-state index in [9.17, 15) is 4.79 Å². The van der Waals surface area contributed by atoms with Gasteiger partial charge in [0.1, 0.15) is 12.4 Å². The zero-order valence-corrected chi connectivity index (χ0v) is 8.12. The van der Waals surface area contributed by atoms with E-state index in [1.54, 1.807) is 12.1 Å². The molecular weight excluding hydrogens is 180 g/mol. The van der Waals surface area contributed by atoms with Gasteiger partial charge in [0.2, 0.25) is 0 Å². The third kappa shape index (κ3) is 2.47. The van der Waals surface area contributed by atoms with Gasteiger partial charge in [0.05, 0.1) is 5.56 Å². The summed E-state index contributed by atoms with van der Waals surface area (Å²) in [4.78, 5) is 11.0. The van der Waals surface area contributed by atoms with Crippen LogP contribution in [0.3, 0.4) is 0 Å². The van der Waals surface area contributed by atoms with E-state index in [1.807, 2.05) is 13.0 Å². The average molecular weight is 194 g/mol. The van der Waals surface area contributed by atoms with Gasteiger partial charge in [-0.3, -0.25) is 4.79 Å². The number of nitrogens with two attached hydrogens (primary N) is 2. The van der Waals surface area contributed by atoms with Crippen LogP contribution < -0.4 is 16.2 Å². The van der Waals surface area contributed by atoms with E-state index in [1.165, 1.54) is 0 Å². The number of amides is 1. The molecule has 0 spiro atoms. The minimum absolute atomic E-state index is 0.379. The van der Waals surface area contributed by atoms with Crippen LogP contribution >= 0.6 is 0 Å². The molecule has 4 N–H and O–H groups in total. The molecular formula is C10H14N2O2. The van der Waals surface area contributed by atoms with E-state index in [0.29, 0.717) is 24.5 Å². The van der Waals surface area contributed by atoms with Crippen LogP contribution in [0, 0.1) is 6.92 Å². The summed E-state index contributed by atoms with van der Waals surface area (Å²) < 4.78 is 5.30. The molecule has 1 amide bonds. The Balaban J connectivity index is 2.97. The molecule has 0 saturated carbocycles. The average Bonchev–Trinajstić information content (AvgIpc) is 2.14. The summed E-state index contributed by atoms with van der Waals surface area (Å²) in [5, 5.41) is 0. The molecule has 0 aliphatic heterocycles. The van der Waals surface area contributed by atoms with Gasteiger partial charge in [-0.25, -0.2) is 0 Å². The van der Waals surface area contributed by atoms with Crippen molar-refractivity contribution in [1.82, 2.24) is 0 Å². The summed E-state index contributed by atoms with van der Waals surface area (Å²) in [6, 6.07) is 5.24. The Kier molecular flexibility index (Phi) is 3.48. The first kappa shape index (κ1) is 10.5. The molecule has 0 aromatic heterocycles. The van der Waals surface area contributed by atoms with Gasteiger partial charge in [-0.1, -0.05) is 6.07 Å². The topological polar surface area (TPSA) is 78.3 Å². The predicted octanol–water partition coefficient (Wildman–Crippen LogP) is 0.431. The predicted molar refractivity (Wildman–Crippen MR) is 54.2 cm³/mol. The molecule has 0 heterocycles. The van der Waals surface area contributed by atoms with Crippen molar-refractivity contribution in [2.24, 2.45) is 11.5 Å². The Hall–Kier alpha value is -1.55. The highest BCUT2D eigenvalue weighted by molar-refractivity contribution is 5.95. The minimum Gasteiger partial charge on any atom is -0.491 e. The number of ether oxygens (including phenoxy) is 1. The molecule has 0 bridgehead atoms. The van der Waals surface area contributed by atoms with E-state index in [4.69, 9.17) is 16.2 Å². The molecule has 1 aromatic carbocycles. The number of hydrogen-bond acceptors (Lipinski definition) is 3. The number of rotatable bonds is 4. The molecule has 76 valence electrons. The van der Waals surface area contributed by atoms with Gasteiger partial charge in [-0.15, -0.1) is 0 Å². The van der Waals surface area contributed by atoms with E-state index in [-0.39, 0.29) is 0 Å². The molecule has 0 saturated heterocycles. The molecule has 0 unspecified atom stereocenters. The number of benzene rings is 1. The molecule has 0 fully saturated rings. The summed E-state index contributed by atoms with van der Waals surface area (Å²) in [7, 11) is 0. The highest BCUT2D eigenvalue weighted by atomic mass is 16.5. The first-order valence-electron chi connectivity index (χ1n) is 4.38. The standard InChI is InChI=1S/C10H14N2O2/c1-7-2-3-8(10(12)13)9(6-7)14-5-4-11/h2-3,6H,4-5,11H2,1H3,(H2,12,13). The van der Waals surface area contributed by atoms with E-state index >= 15 is 0 Å². The summed E-state index contributed by atoms with van der Waals surface area (Å²) in [6.07, 6.45) is 0. The van der Waals surface area contributed by atoms with E-state index < -0.39 is 5.91 Å². The Labute approximate surface area is 82.8 Å². The fourth-order valence-corrected chi connectivity index (χ4v) is 1.12. The first-order valence-corrected chi connectivity index (χ1v) is 4.38. The van der Waals surface area contributed by atoms with Crippen LogP contribution in [0.1, 0.15) is 15.9 Å². The van der Waals surface area contributed by atoms with Crippen molar-refractivity contribution in [2.45, 2.75) is 6.92 Å². The van der Waals surface area contributed by atoms with Gasteiger partial charge in [0.25, 0.3) is 5.91 Å². The quantitative estimate of drug-likeness (QED) is 0.729. The van der Waals surface area contributed by atoms with Crippen molar-refractivity contribution >= 4 is 5.91 Å². The Morgan fingerprint density at radius 1 is 1.50 bits per heavy atom. The summed E-state index contributed by atoms with van der Waals surface area (Å²) >= 11 is 0. The van der Waals surface area contributed by atoms with E-state index in [2.05, 4.69) is 0 Å². The number of carbonyl (C=O) groups excluding carboxylic acids is 1.